The summed E-state index contributed by atoms with van der Waals surface area (Å²) in [7, 11) is 0. The molecule has 0 saturated carbocycles. The molecule has 0 unspecified atom stereocenters. The molecular formula is C16H16Cl2N2O. The normalized spacial score (nSPS) is 11.3. The molecule has 110 valence electrons. The first-order valence-corrected chi connectivity index (χ1v) is 7.25. The lowest BCUT2D eigenvalue weighted by molar-refractivity contribution is 0.102. The molecule has 0 spiro atoms. The Bertz CT molecular complexity index is 658. The Morgan fingerprint density at radius 2 is 1.71 bits per heavy atom. The molecule has 0 radical (unpaired) electrons. The molecule has 2 aromatic rings. The average molecular weight is 323 g/mol. The number of pyridine rings is 1. The number of nitrogens with zero attached hydrogens (tertiary/aromatic N) is 1. The summed E-state index contributed by atoms with van der Waals surface area (Å²) in [6.45, 7) is 6.15. The van der Waals surface area contributed by atoms with Crippen LogP contribution in [0.2, 0.25) is 10.0 Å². The number of hydrogen-bond donors (Lipinski definition) is 1. The Labute approximate surface area is 134 Å². The van der Waals surface area contributed by atoms with Crippen LogP contribution in [0.5, 0.6) is 0 Å². The summed E-state index contributed by atoms with van der Waals surface area (Å²) in [5.74, 6) is -0.221. The van der Waals surface area contributed by atoms with Crippen LogP contribution in [0.15, 0.2) is 36.5 Å². The van der Waals surface area contributed by atoms with Gasteiger partial charge < -0.3 is 5.32 Å². The Kier molecular flexibility index (Phi) is 4.55. The van der Waals surface area contributed by atoms with Gasteiger partial charge in [0.15, 0.2) is 0 Å². The molecule has 0 aliphatic carbocycles. The average Bonchev–Trinajstić information content (AvgIpc) is 2.36. The second kappa shape index (κ2) is 6.04. The van der Waals surface area contributed by atoms with Crippen LogP contribution in [-0.2, 0) is 5.41 Å². The third-order valence-corrected chi connectivity index (χ3v) is 3.35. The van der Waals surface area contributed by atoms with E-state index in [4.69, 9.17) is 23.2 Å². The SMILES string of the molecule is CC(C)(C)c1cc(C(=O)Nc2cc(Cl)cc(Cl)c2)ccn1. The van der Waals surface area contributed by atoms with Crippen molar-refractivity contribution in [1.82, 2.24) is 4.98 Å². The number of aromatic nitrogens is 1. The molecular weight excluding hydrogens is 307 g/mol. The molecule has 1 heterocycles. The number of amides is 1. The largest absolute Gasteiger partial charge is 0.322 e. The molecule has 0 atom stereocenters. The third-order valence-electron chi connectivity index (χ3n) is 2.91. The predicted molar refractivity (Wildman–Crippen MR) is 87.4 cm³/mol. The van der Waals surface area contributed by atoms with E-state index in [1.165, 1.54) is 0 Å². The maximum atomic E-state index is 12.3. The number of nitrogens with one attached hydrogen (secondary N) is 1. The van der Waals surface area contributed by atoms with Crippen molar-refractivity contribution in [3.63, 3.8) is 0 Å². The molecule has 21 heavy (non-hydrogen) atoms. The van der Waals surface area contributed by atoms with E-state index in [0.717, 1.165) is 5.69 Å². The zero-order chi connectivity index (χ0) is 15.6. The number of carbonyl (C=O) groups excluding carboxylic acids is 1. The summed E-state index contributed by atoms with van der Waals surface area (Å²) >= 11 is 11.8. The van der Waals surface area contributed by atoms with Crippen LogP contribution in [0.4, 0.5) is 5.69 Å². The standard InChI is InChI=1S/C16H16Cl2N2O/c1-16(2,3)14-6-10(4-5-19-14)15(21)20-13-8-11(17)7-12(18)9-13/h4-9H,1-3H3,(H,20,21). The van der Waals surface area contributed by atoms with Crippen LogP contribution < -0.4 is 5.32 Å². The van der Waals surface area contributed by atoms with Crippen LogP contribution in [0.1, 0.15) is 36.8 Å². The second-order valence-electron chi connectivity index (χ2n) is 5.79. The van der Waals surface area contributed by atoms with Gasteiger partial charge in [0.2, 0.25) is 0 Å². The van der Waals surface area contributed by atoms with Crippen molar-refractivity contribution in [2.45, 2.75) is 26.2 Å². The molecule has 1 aromatic heterocycles. The third kappa shape index (κ3) is 4.19. The Morgan fingerprint density at radius 3 is 2.29 bits per heavy atom. The first-order valence-electron chi connectivity index (χ1n) is 6.50. The van der Waals surface area contributed by atoms with Crippen LogP contribution in [0.25, 0.3) is 0 Å². The topological polar surface area (TPSA) is 42.0 Å². The number of hydrogen-bond acceptors (Lipinski definition) is 2. The van der Waals surface area contributed by atoms with E-state index < -0.39 is 0 Å². The first kappa shape index (κ1) is 15.8. The predicted octanol–water partition coefficient (Wildman–Crippen LogP) is 4.94. The van der Waals surface area contributed by atoms with Crippen molar-refractivity contribution in [3.8, 4) is 0 Å². The number of anilines is 1. The van der Waals surface area contributed by atoms with Gasteiger partial charge in [0.25, 0.3) is 5.91 Å². The van der Waals surface area contributed by atoms with Gasteiger partial charge in [-0.3, -0.25) is 9.78 Å². The molecule has 1 N–H and O–H groups in total. The molecule has 0 bridgehead atoms. The van der Waals surface area contributed by atoms with E-state index in [0.29, 0.717) is 21.3 Å². The summed E-state index contributed by atoms with van der Waals surface area (Å²) in [5.41, 5.74) is 1.85. The van der Waals surface area contributed by atoms with Crippen LogP contribution in [0.3, 0.4) is 0 Å². The fraction of sp³-hybridized carbons (Fsp3) is 0.250. The summed E-state index contributed by atoms with van der Waals surface area (Å²) in [6, 6.07) is 8.38. The quantitative estimate of drug-likeness (QED) is 0.850. The number of rotatable bonds is 2. The zero-order valence-electron chi connectivity index (χ0n) is 12.1. The minimum absolute atomic E-state index is 0.115. The number of carbonyl (C=O) groups is 1. The van der Waals surface area contributed by atoms with E-state index in [1.54, 1.807) is 36.5 Å². The van der Waals surface area contributed by atoms with Crippen molar-refractivity contribution in [3.05, 3.63) is 57.8 Å². The van der Waals surface area contributed by atoms with Crippen molar-refractivity contribution in [1.29, 1.82) is 0 Å². The lowest BCUT2D eigenvalue weighted by atomic mass is 9.91. The molecule has 5 heteroatoms. The van der Waals surface area contributed by atoms with Gasteiger partial charge in [0.05, 0.1) is 0 Å². The van der Waals surface area contributed by atoms with Gasteiger partial charge in [0, 0.05) is 38.6 Å². The first-order chi connectivity index (χ1) is 9.75. The molecule has 1 amide bonds. The Morgan fingerprint density at radius 1 is 1.10 bits per heavy atom. The van der Waals surface area contributed by atoms with Gasteiger partial charge in [-0.1, -0.05) is 44.0 Å². The molecule has 0 aliphatic heterocycles. The Hall–Kier alpha value is -1.58. The second-order valence-corrected chi connectivity index (χ2v) is 6.66. The van der Waals surface area contributed by atoms with Gasteiger partial charge in [-0.25, -0.2) is 0 Å². The van der Waals surface area contributed by atoms with Gasteiger partial charge >= 0.3 is 0 Å². The summed E-state index contributed by atoms with van der Waals surface area (Å²) in [5, 5.41) is 3.73. The van der Waals surface area contributed by atoms with E-state index >= 15 is 0 Å². The van der Waals surface area contributed by atoms with E-state index in [-0.39, 0.29) is 11.3 Å². The molecule has 3 nitrogen and oxygen atoms in total. The van der Waals surface area contributed by atoms with Crippen molar-refractivity contribution >= 4 is 34.8 Å². The minimum atomic E-state index is -0.221. The van der Waals surface area contributed by atoms with Crippen LogP contribution in [0, 0.1) is 0 Å². The van der Waals surface area contributed by atoms with Gasteiger partial charge in [-0.2, -0.15) is 0 Å². The van der Waals surface area contributed by atoms with Gasteiger partial charge in [-0.15, -0.1) is 0 Å². The maximum Gasteiger partial charge on any atom is 0.255 e. The summed E-state index contributed by atoms with van der Waals surface area (Å²) in [6.07, 6.45) is 1.64. The zero-order valence-corrected chi connectivity index (χ0v) is 13.6. The smallest absolute Gasteiger partial charge is 0.255 e. The summed E-state index contributed by atoms with van der Waals surface area (Å²) in [4.78, 5) is 16.6. The highest BCUT2D eigenvalue weighted by Crippen LogP contribution is 2.24. The van der Waals surface area contributed by atoms with Crippen LogP contribution in [-0.4, -0.2) is 10.9 Å². The summed E-state index contributed by atoms with van der Waals surface area (Å²) < 4.78 is 0. The number of halogens is 2. The molecule has 0 aliphatic rings. The van der Waals surface area contributed by atoms with E-state index in [1.807, 2.05) is 20.8 Å². The lowest BCUT2D eigenvalue weighted by Crippen LogP contribution is -2.17. The van der Waals surface area contributed by atoms with E-state index in [2.05, 4.69) is 10.3 Å². The van der Waals surface area contributed by atoms with Gasteiger partial charge in [-0.05, 0) is 30.3 Å². The minimum Gasteiger partial charge on any atom is -0.322 e. The molecule has 0 fully saturated rings. The van der Waals surface area contributed by atoms with Crippen molar-refractivity contribution in [2.75, 3.05) is 5.32 Å². The maximum absolute atomic E-state index is 12.3. The highest BCUT2D eigenvalue weighted by Gasteiger charge is 2.17. The fourth-order valence-electron chi connectivity index (χ4n) is 1.81. The highest BCUT2D eigenvalue weighted by atomic mass is 35.5. The van der Waals surface area contributed by atoms with Crippen LogP contribution >= 0.6 is 23.2 Å². The lowest BCUT2D eigenvalue weighted by Gasteiger charge is -2.18. The highest BCUT2D eigenvalue weighted by molar-refractivity contribution is 6.35. The van der Waals surface area contributed by atoms with Gasteiger partial charge in [0.1, 0.15) is 0 Å². The molecule has 0 saturated heterocycles. The Balaban J connectivity index is 2.24. The number of benzene rings is 1. The van der Waals surface area contributed by atoms with E-state index in [9.17, 15) is 4.79 Å². The molecule has 1 aromatic carbocycles. The molecule has 2 rings (SSSR count). The van der Waals surface area contributed by atoms with Crippen molar-refractivity contribution < 1.29 is 4.79 Å². The van der Waals surface area contributed by atoms with Crippen molar-refractivity contribution in [2.24, 2.45) is 0 Å². The monoisotopic (exact) mass is 322 g/mol. The fourth-order valence-corrected chi connectivity index (χ4v) is 2.34.